The predicted molar refractivity (Wildman–Crippen MR) is 45.2 cm³/mol. The average molecular weight is 144 g/mol. The SMILES string of the molecule is CCOC(CC)C(C)CC. The van der Waals surface area contributed by atoms with E-state index in [9.17, 15) is 0 Å². The Balaban J connectivity index is 3.56. The monoisotopic (exact) mass is 144 g/mol. The van der Waals surface area contributed by atoms with E-state index in [1.54, 1.807) is 0 Å². The maximum Gasteiger partial charge on any atom is 0.0597 e. The first kappa shape index (κ1) is 9.96. The summed E-state index contributed by atoms with van der Waals surface area (Å²) in [7, 11) is 0. The van der Waals surface area contributed by atoms with Crippen molar-refractivity contribution in [2.24, 2.45) is 5.92 Å². The molecule has 2 atom stereocenters. The Bertz CT molecular complexity index is 71.1. The van der Waals surface area contributed by atoms with Gasteiger partial charge in [-0.2, -0.15) is 0 Å². The summed E-state index contributed by atoms with van der Waals surface area (Å²) in [5.41, 5.74) is 0. The van der Waals surface area contributed by atoms with Gasteiger partial charge in [0.15, 0.2) is 0 Å². The molecule has 0 N–H and O–H groups in total. The summed E-state index contributed by atoms with van der Waals surface area (Å²) in [6.45, 7) is 9.57. The van der Waals surface area contributed by atoms with E-state index in [4.69, 9.17) is 4.74 Å². The molecule has 0 spiro atoms. The van der Waals surface area contributed by atoms with Crippen molar-refractivity contribution in [3.8, 4) is 0 Å². The summed E-state index contributed by atoms with van der Waals surface area (Å²) in [4.78, 5) is 0. The molecule has 0 aliphatic rings. The summed E-state index contributed by atoms with van der Waals surface area (Å²) in [5.74, 6) is 0.713. The van der Waals surface area contributed by atoms with Crippen LogP contribution < -0.4 is 0 Å². The van der Waals surface area contributed by atoms with Gasteiger partial charge in [-0.15, -0.1) is 0 Å². The van der Waals surface area contributed by atoms with Crippen molar-refractivity contribution in [2.75, 3.05) is 6.61 Å². The normalized spacial score (nSPS) is 16.8. The Morgan fingerprint density at radius 3 is 2.00 bits per heavy atom. The van der Waals surface area contributed by atoms with Crippen molar-refractivity contribution in [3.05, 3.63) is 0 Å². The van der Waals surface area contributed by atoms with Gasteiger partial charge in [-0.05, 0) is 19.3 Å². The van der Waals surface area contributed by atoms with Crippen LogP contribution in [0.3, 0.4) is 0 Å². The standard InChI is InChI=1S/C9H20O/c1-5-8(4)9(6-2)10-7-3/h8-9H,5-7H2,1-4H3. The summed E-state index contributed by atoms with van der Waals surface area (Å²) in [5, 5.41) is 0. The summed E-state index contributed by atoms with van der Waals surface area (Å²) in [6.07, 6.45) is 2.84. The van der Waals surface area contributed by atoms with Crippen LogP contribution in [-0.4, -0.2) is 12.7 Å². The van der Waals surface area contributed by atoms with Gasteiger partial charge in [0.2, 0.25) is 0 Å². The topological polar surface area (TPSA) is 9.23 Å². The highest BCUT2D eigenvalue weighted by Gasteiger charge is 2.12. The zero-order valence-electron chi connectivity index (χ0n) is 7.68. The minimum atomic E-state index is 0.481. The number of hydrogen-bond donors (Lipinski definition) is 0. The van der Waals surface area contributed by atoms with Gasteiger partial charge in [0.05, 0.1) is 6.10 Å². The lowest BCUT2D eigenvalue weighted by Crippen LogP contribution is -2.20. The van der Waals surface area contributed by atoms with Crippen molar-refractivity contribution in [3.63, 3.8) is 0 Å². The fraction of sp³-hybridized carbons (Fsp3) is 1.00. The molecule has 0 aromatic carbocycles. The van der Waals surface area contributed by atoms with Gasteiger partial charge in [-0.1, -0.05) is 27.2 Å². The molecule has 2 unspecified atom stereocenters. The second-order valence-corrected chi connectivity index (χ2v) is 2.79. The fourth-order valence-corrected chi connectivity index (χ4v) is 1.16. The third kappa shape index (κ3) is 3.21. The lowest BCUT2D eigenvalue weighted by Gasteiger charge is -2.20. The zero-order chi connectivity index (χ0) is 7.98. The average Bonchev–Trinajstić information content (AvgIpc) is 1.99. The molecule has 0 amide bonds. The van der Waals surface area contributed by atoms with E-state index in [0.29, 0.717) is 12.0 Å². The van der Waals surface area contributed by atoms with E-state index >= 15 is 0 Å². The van der Waals surface area contributed by atoms with Gasteiger partial charge in [-0.3, -0.25) is 0 Å². The smallest absolute Gasteiger partial charge is 0.0597 e. The third-order valence-electron chi connectivity index (χ3n) is 2.06. The van der Waals surface area contributed by atoms with Crippen molar-refractivity contribution >= 4 is 0 Å². The van der Waals surface area contributed by atoms with Crippen LogP contribution in [0, 0.1) is 5.92 Å². The Labute approximate surface area is 64.8 Å². The van der Waals surface area contributed by atoms with Gasteiger partial charge in [0.25, 0.3) is 0 Å². The molecule has 0 aliphatic heterocycles. The zero-order valence-corrected chi connectivity index (χ0v) is 7.68. The molecular formula is C9H20O. The number of rotatable bonds is 5. The van der Waals surface area contributed by atoms with E-state index in [1.165, 1.54) is 6.42 Å². The molecule has 0 heterocycles. The van der Waals surface area contributed by atoms with Gasteiger partial charge >= 0.3 is 0 Å². The van der Waals surface area contributed by atoms with Crippen molar-refractivity contribution in [2.45, 2.75) is 46.6 Å². The van der Waals surface area contributed by atoms with Crippen LogP contribution in [-0.2, 0) is 4.74 Å². The highest BCUT2D eigenvalue weighted by molar-refractivity contribution is 4.62. The van der Waals surface area contributed by atoms with Crippen LogP contribution in [0.15, 0.2) is 0 Å². The molecule has 0 radical (unpaired) electrons. The van der Waals surface area contributed by atoms with E-state index in [-0.39, 0.29) is 0 Å². The maximum absolute atomic E-state index is 5.54. The van der Waals surface area contributed by atoms with Crippen LogP contribution in [0.2, 0.25) is 0 Å². The predicted octanol–water partition coefficient (Wildman–Crippen LogP) is 2.85. The molecule has 0 aromatic heterocycles. The van der Waals surface area contributed by atoms with Crippen molar-refractivity contribution in [1.82, 2.24) is 0 Å². The molecule has 10 heavy (non-hydrogen) atoms. The van der Waals surface area contributed by atoms with Crippen LogP contribution in [0.25, 0.3) is 0 Å². The highest BCUT2D eigenvalue weighted by Crippen LogP contribution is 2.13. The van der Waals surface area contributed by atoms with Gasteiger partial charge in [0, 0.05) is 6.61 Å². The summed E-state index contributed by atoms with van der Waals surface area (Å²) < 4.78 is 5.54. The minimum absolute atomic E-state index is 0.481. The molecule has 0 aliphatic carbocycles. The molecule has 0 saturated carbocycles. The molecule has 0 fully saturated rings. The van der Waals surface area contributed by atoms with Crippen LogP contribution in [0.5, 0.6) is 0 Å². The second-order valence-electron chi connectivity index (χ2n) is 2.79. The fourth-order valence-electron chi connectivity index (χ4n) is 1.16. The summed E-state index contributed by atoms with van der Waals surface area (Å²) in [6, 6.07) is 0. The second kappa shape index (κ2) is 5.72. The first-order chi connectivity index (χ1) is 4.76. The first-order valence-corrected chi connectivity index (χ1v) is 4.37. The number of hydrogen-bond acceptors (Lipinski definition) is 1. The quantitative estimate of drug-likeness (QED) is 0.576. The molecule has 1 heteroatoms. The maximum atomic E-state index is 5.54. The van der Waals surface area contributed by atoms with Gasteiger partial charge in [0.1, 0.15) is 0 Å². The lowest BCUT2D eigenvalue weighted by atomic mass is 10.00. The van der Waals surface area contributed by atoms with Crippen LogP contribution >= 0.6 is 0 Å². The highest BCUT2D eigenvalue weighted by atomic mass is 16.5. The van der Waals surface area contributed by atoms with Gasteiger partial charge < -0.3 is 4.74 Å². The molecule has 1 nitrogen and oxygen atoms in total. The van der Waals surface area contributed by atoms with Crippen molar-refractivity contribution < 1.29 is 4.74 Å². The van der Waals surface area contributed by atoms with Crippen LogP contribution in [0.4, 0.5) is 0 Å². The Morgan fingerprint density at radius 2 is 1.70 bits per heavy atom. The van der Waals surface area contributed by atoms with Crippen LogP contribution in [0.1, 0.15) is 40.5 Å². The Hall–Kier alpha value is -0.0400. The Morgan fingerprint density at radius 1 is 1.10 bits per heavy atom. The van der Waals surface area contributed by atoms with E-state index in [1.807, 2.05) is 0 Å². The third-order valence-corrected chi connectivity index (χ3v) is 2.06. The molecule has 0 saturated heterocycles. The minimum Gasteiger partial charge on any atom is -0.378 e. The Kier molecular flexibility index (Phi) is 5.70. The molecule has 0 aromatic rings. The molecular weight excluding hydrogens is 124 g/mol. The lowest BCUT2D eigenvalue weighted by molar-refractivity contribution is 0.0217. The largest absolute Gasteiger partial charge is 0.378 e. The summed E-state index contributed by atoms with van der Waals surface area (Å²) >= 11 is 0. The van der Waals surface area contributed by atoms with E-state index in [2.05, 4.69) is 27.7 Å². The molecule has 0 rings (SSSR count). The van der Waals surface area contributed by atoms with Gasteiger partial charge in [-0.25, -0.2) is 0 Å². The number of ether oxygens (including phenoxy) is 1. The van der Waals surface area contributed by atoms with E-state index in [0.717, 1.165) is 13.0 Å². The first-order valence-electron chi connectivity index (χ1n) is 4.37. The molecule has 62 valence electrons. The van der Waals surface area contributed by atoms with E-state index < -0.39 is 0 Å². The molecule has 0 bridgehead atoms. The van der Waals surface area contributed by atoms with Crippen molar-refractivity contribution in [1.29, 1.82) is 0 Å².